The largest absolute Gasteiger partial charge is 0.466 e. The van der Waals surface area contributed by atoms with Crippen LogP contribution in [0.15, 0.2) is 48.5 Å². The van der Waals surface area contributed by atoms with Crippen LogP contribution in [0.1, 0.15) is 35.3 Å². The summed E-state index contributed by atoms with van der Waals surface area (Å²) in [6.07, 6.45) is 0.0104. The monoisotopic (exact) mass is 441 g/mol. The quantitative estimate of drug-likeness (QED) is 0.548. The lowest BCUT2D eigenvalue weighted by molar-refractivity contribution is -0.143. The zero-order valence-electron chi connectivity index (χ0n) is 13.1. The average molecular weight is 441 g/mol. The van der Waals surface area contributed by atoms with E-state index in [1.54, 1.807) is 13.0 Å². The first kappa shape index (κ1) is 18.4. The van der Waals surface area contributed by atoms with Crippen LogP contribution in [0.2, 0.25) is 0 Å². The molecule has 0 fully saturated rings. The van der Waals surface area contributed by atoms with Gasteiger partial charge in [0, 0.05) is 9.13 Å². The summed E-state index contributed by atoms with van der Waals surface area (Å²) >= 11 is 1.86. The van der Waals surface area contributed by atoms with Crippen molar-refractivity contribution in [1.82, 2.24) is 5.32 Å². The minimum atomic E-state index is -0.542. The highest BCUT2D eigenvalue weighted by molar-refractivity contribution is 14.1. The van der Waals surface area contributed by atoms with E-state index in [2.05, 4.69) is 5.32 Å². The second kappa shape index (κ2) is 8.77. The lowest BCUT2D eigenvalue weighted by Crippen LogP contribution is -2.30. The van der Waals surface area contributed by atoms with Crippen molar-refractivity contribution >= 4 is 34.5 Å². The van der Waals surface area contributed by atoms with E-state index >= 15 is 0 Å². The molecule has 126 valence electrons. The smallest absolute Gasteiger partial charge is 0.308 e. The second-order valence-electron chi connectivity index (χ2n) is 5.07. The molecule has 24 heavy (non-hydrogen) atoms. The zero-order chi connectivity index (χ0) is 17.5. The standard InChI is InChI=1S/C18H17FINO3/c1-2-24-17(22)11-16(12-6-4-3-5-7-12)21-18(23)13-8-9-15(20)14(19)10-13/h3-10,16H,2,11H2,1H3,(H,21,23). The first-order valence-corrected chi connectivity index (χ1v) is 8.55. The molecule has 1 amide bonds. The molecule has 0 saturated carbocycles. The highest BCUT2D eigenvalue weighted by atomic mass is 127. The fourth-order valence-corrected chi connectivity index (χ4v) is 2.54. The Hall–Kier alpha value is -1.96. The maximum Gasteiger partial charge on any atom is 0.308 e. The summed E-state index contributed by atoms with van der Waals surface area (Å²) in [5, 5.41) is 2.78. The van der Waals surface area contributed by atoms with Gasteiger partial charge in [-0.05, 0) is 53.3 Å². The highest BCUT2D eigenvalue weighted by Crippen LogP contribution is 2.19. The predicted molar refractivity (Wildman–Crippen MR) is 97.0 cm³/mol. The van der Waals surface area contributed by atoms with Gasteiger partial charge in [0.05, 0.1) is 19.1 Å². The minimum Gasteiger partial charge on any atom is -0.466 e. The van der Waals surface area contributed by atoms with Crippen LogP contribution >= 0.6 is 22.6 Å². The summed E-state index contributed by atoms with van der Waals surface area (Å²) in [5.41, 5.74) is 0.989. The zero-order valence-corrected chi connectivity index (χ0v) is 15.2. The van der Waals surface area contributed by atoms with Crippen LogP contribution in [0.5, 0.6) is 0 Å². The van der Waals surface area contributed by atoms with Gasteiger partial charge < -0.3 is 10.1 Å². The van der Waals surface area contributed by atoms with Gasteiger partial charge in [-0.3, -0.25) is 9.59 Å². The maximum absolute atomic E-state index is 13.6. The molecular formula is C18H17FINO3. The summed E-state index contributed by atoms with van der Waals surface area (Å²) in [6, 6.07) is 12.9. The Morgan fingerprint density at radius 1 is 1.21 bits per heavy atom. The summed E-state index contributed by atoms with van der Waals surface area (Å²) in [4.78, 5) is 24.2. The third kappa shape index (κ3) is 5.02. The van der Waals surface area contributed by atoms with Crippen molar-refractivity contribution < 1.29 is 18.7 Å². The summed E-state index contributed by atoms with van der Waals surface area (Å²) in [6.45, 7) is 2.00. The topological polar surface area (TPSA) is 55.4 Å². The van der Waals surface area contributed by atoms with Crippen LogP contribution in [0.4, 0.5) is 4.39 Å². The number of carbonyl (C=O) groups is 2. The lowest BCUT2D eigenvalue weighted by Gasteiger charge is -2.18. The van der Waals surface area contributed by atoms with Gasteiger partial charge in [0.2, 0.25) is 0 Å². The molecule has 0 aliphatic carbocycles. The Morgan fingerprint density at radius 2 is 1.92 bits per heavy atom. The van der Waals surface area contributed by atoms with E-state index in [0.29, 0.717) is 3.57 Å². The minimum absolute atomic E-state index is 0.0104. The van der Waals surface area contributed by atoms with Gasteiger partial charge in [0.25, 0.3) is 5.91 Å². The van der Waals surface area contributed by atoms with E-state index in [-0.39, 0.29) is 18.6 Å². The molecule has 0 bridgehead atoms. The van der Waals surface area contributed by atoms with E-state index in [9.17, 15) is 14.0 Å². The Labute approximate surface area is 153 Å². The fraction of sp³-hybridized carbons (Fsp3) is 0.222. The Bertz CT molecular complexity index is 721. The Balaban J connectivity index is 2.19. The van der Waals surface area contributed by atoms with Crippen LogP contribution in [-0.2, 0) is 9.53 Å². The molecule has 0 heterocycles. The number of nitrogens with one attached hydrogen (secondary N) is 1. The molecule has 0 spiro atoms. The van der Waals surface area contributed by atoms with E-state index in [0.717, 1.165) is 5.56 Å². The normalized spacial score (nSPS) is 11.6. The van der Waals surface area contributed by atoms with Gasteiger partial charge in [-0.15, -0.1) is 0 Å². The summed E-state index contributed by atoms with van der Waals surface area (Å²) in [7, 11) is 0. The van der Waals surface area contributed by atoms with Gasteiger partial charge >= 0.3 is 5.97 Å². The fourth-order valence-electron chi connectivity index (χ4n) is 2.20. The van der Waals surface area contributed by atoms with Gasteiger partial charge in [-0.1, -0.05) is 30.3 Å². The first-order chi connectivity index (χ1) is 11.5. The second-order valence-corrected chi connectivity index (χ2v) is 6.24. The van der Waals surface area contributed by atoms with E-state index < -0.39 is 23.7 Å². The van der Waals surface area contributed by atoms with E-state index in [1.807, 2.05) is 52.9 Å². The summed E-state index contributed by atoms with van der Waals surface area (Å²) in [5.74, 6) is -1.30. The lowest BCUT2D eigenvalue weighted by atomic mass is 10.0. The molecule has 0 aliphatic rings. The number of esters is 1. The Morgan fingerprint density at radius 3 is 2.54 bits per heavy atom. The predicted octanol–water partition coefficient (Wildman–Crippen LogP) is 3.85. The number of rotatable bonds is 6. The van der Waals surface area contributed by atoms with Crippen molar-refractivity contribution in [2.24, 2.45) is 0 Å². The van der Waals surface area contributed by atoms with Crippen LogP contribution in [0.3, 0.4) is 0 Å². The van der Waals surface area contributed by atoms with E-state index in [4.69, 9.17) is 4.74 Å². The SMILES string of the molecule is CCOC(=O)CC(NC(=O)c1ccc(I)c(F)c1)c1ccccc1. The molecule has 2 aromatic carbocycles. The van der Waals surface area contributed by atoms with Crippen molar-refractivity contribution in [3.05, 3.63) is 69.0 Å². The van der Waals surface area contributed by atoms with Gasteiger partial charge in [-0.2, -0.15) is 0 Å². The molecule has 1 atom stereocenters. The molecule has 0 aromatic heterocycles. The molecule has 1 N–H and O–H groups in total. The molecule has 6 heteroatoms. The van der Waals surface area contributed by atoms with E-state index in [1.165, 1.54) is 12.1 Å². The van der Waals surface area contributed by atoms with Gasteiger partial charge in [0.1, 0.15) is 5.82 Å². The first-order valence-electron chi connectivity index (χ1n) is 7.47. The van der Waals surface area contributed by atoms with Crippen LogP contribution in [0, 0.1) is 9.39 Å². The number of ether oxygens (including phenoxy) is 1. The van der Waals surface area contributed by atoms with Crippen molar-refractivity contribution in [3.8, 4) is 0 Å². The van der Waals surface area contributed by atoms with Crippen molar-refractivity contribution in [1.29, 1.82) is 0 Å². The van der Waals surface area contributed by atoms with Crippen LogP contribution < -0.4 is 5.32 Å². The van der Waals surface area contributed by atoms with Gasteiger partial charge in [0.15, 0.2) is 0 Å². The average Bonchev–Trinajstić information content (AvgIpc) is 2.57. The Kier molecular flexibility index (Phi) is 6.72. The van der Waals surface area contributed by atoms with Crippen molar-refractivity contribution in [2.45, 2.75) is 19.4 Å². The third-order valence-electron chi connectivity index (χ3n) is 3.37. The number of hydrogen-bond donors (Lipinski definition) is 1. The molecule has 0 aliphatic heterocycles. The molecule has 4 nitrogen and oxygen atoms in total. The number of benzene rings is 2. The van der Waals surface area contributed by atoms with Crippen molar-refractivity contribution in [2.75, 3.05) is 6.61 Å². The molecule has 1 unspecified atom stereocenters. The molecule has 0 radical (unpaired) electrons. The number of halogens is 2. The van der Waals surface area contributed by atoms with Crippen LogP contribution in [-0.4, -0.2) is 18.5 Å². The molecular weight excluding hydrogens is 424 g/mol. The number of amides is 1. The number of carbonyl (C=O) groups excluding carboxylic acids is 2. The van der Waals surface area contributed by atoms with Crippen molar-refractivity contribution in [3.63, 3.8) is 0 Å². The van der Waals surface area contributed by atoms with Crippen LogP contribution in [0.25, 0.3) is 0 Å². The van der Waals surface area contributed by atoms with Gasteiger partial charge in [-0.25, -0.2) is 4.39 Å². The molecule has 0 saturated heterocycles. The highest BCUT2D eigenvalue weighted by Gasteiger charge is 2.20. The maximum atomic E-state index is 13.6. The number of hydrogen-bond acceptors (Lipinski definition) is 3. The molecule has 2 rings (SSSR count). The molecule has 2 aromatic rings. The third-order valence-corrected chi connectivity index (χ3v) is 4.24. The summed E-state index contributed by atoms with van der Waals surface area (Å²) < 4.78 is 19.1.